The highest BCUT2D eigenvalue weighted by Crippen LogP contribution is 2.36. The van der Waals surface area contributed by atoms with Crippen LogP contribution in [0.3, 0.4) is 0 Å². The third kappa shape index (κ3) is 11.2. The zero-order chi connectivity index (χ0) is 49.3. The number of aliphatic hydroxyl groups is 20. The second kappa shape index (κ2) is 23.5. The molecule has 30 atom stereocenters. The van der Waals surface area contributed by atoms with Gasteiger partial charge >= 0.3 is 0 Å². The van der Waals surface area contributed by atoms with E-state index in [1.807, 2.05) is 0 Å². The van der Waals surface area contributed by atoms with Gasteiger partial charge in [-0.25, -0.2) is 0 Å². The average molecular weight is 991 g/mol. The molecule has 0 radical (unpaired) electrons. The average Bonchev–Trinajstić information content (AvgIpc) is 3.32. The van der Waals surface area contributed by atoms with Crippen molar-refractivity contribution < 1.29 is 154 Å². The Kier molecular flexibility index (Phi) is 19.4. The highest BCUT2D eigenvalue weighted by molar-refractivity contribution is 4.99. The van der Waals surface area contributed by atoms with E-state index < -0.39 is 224 Å². The minimum atomic E-state index is -2.17. The van der Waals surface area contributed by atoms with Crippen molar-refractivity contribution in [2.24, 2.45) is 0 Å². The third-order valence-corrected chi connectivity index (χ3v) is 12.4. The van der Waals surface area contributed by atoms with Crippen LogP contribution in [0.2, 0.25) is 0 Å². The number of ether oxygens (including phenoxy) is 11. The van der Waals surface area contributed by atoms with Crippen LogP contribution in [0.25, 0.3) is 0 Å². The molecule has 6 rings (SSSR count). The van der Waals surface area contributed by atoms with Crippen LogP contribution < -0.4 is 0 Å². The van der Waals surface area contributed by atoms with Crippen molar-refractivity contribution in [1.82, 2.24) is 0 Å². The normalized spacial score (nSPS) is 53.4. The van der Waals surface area contributed by atoms with Gasteiger partial charge in [-0.1, -0.05) is 0 Å². The fourth-order valence-electron chi connectivity index (χ4n) is 8.44. The Morgan fingerprint density at radius 3 is 0.597 bits per heavy atom. The Morgan fingerprint density at radius 2 is 0.388 bits per heavy atom. The molecule has 392 valence electrons. The van der Waals surface area contributed by atoms with Gasteiger partial charge in [-0.3, -0.25) is 0 Å². The molecule has 0 aliphatic carbocycles. The second-order valence-corrected chi connectivity index (χ2v) is 16.8. The van der Waals surface area contributed by atoms with Crippen LogP contribution in [0, 0.1) is 0 Å². The molecule has 31 heteroatoms. The number of hydrogen-bond donors (Lipinski definition) is 20. The molecular weight excluding hydrogens is 928 g/mol. The first-order valence-corrected chi connectivity index (χ1v) is 21.1. The van der Waals surface area contributed by atoms with Crippen molar-refractivity contribution in [2.75, 3.05) is 39.6 Å². The van der Waals surface area contributed by atoms with E-state index in [0.717, 1.165) is 0 Å². The van der Waals surface area contributed by atoms with E-state index >= 15 is 0 Å². The highest BCUT2D eigenvalue weighted by atomic mass is 16.8. The number of hydrogen-bond acceptors (Lipinski definition) is 31. The summed E-state index contributed by atoms with van der Waals surface area (Å²) in [5.74, 6) is 0. The Hall–Kier alpha value is -1.24. The second-order valence-electron chi connectivity index (χ2n) is 16.8. The van der Waals surface area contributed by atoms with Crippen molar-refractivity contribution >= 4 is 0 Å². The molecule has 67 heavy (non-hydrogen) atoms. The van der Waals surface area contributed by atoms with Crippen LogP contribution in [-0.2, 0) is 52.1 Å². The highest BCUT2D eigenvalue weighted by Gasteiger charge is 2.57. The van der Waals surface area contributed by atoms with Crippen LogP contribution in [0.1, 0.15) is 0 Å². The Morgan fingerprint density at radius 1 is 0.209 bits per heavy atom. The largest absolute Gasteiger partial charge is 0.394 e. The fraction of sp³-hybridized carbons (Fsp3) is 1.00. The zero-order valence-corrected chi connectivity index (χ0v) is 35.0. The first-order valence-electron chi connectivity index (χ1n) is 21.1. The molecule has 0 saturated carbocycles. The van der Waals surface area contributed by atoms with Crippen LogP contribution in [0.4, 0.5) is 0 Å². The van der Waals surface area contributed by atoms with Crippen molar-refractivity contribution in [2.45, 2.75) is 184 Å². The maximum Gasteiger partial charge on any atom is 0.189 e. The van der Waals surface area contributed by atoms with Crippen LogP contribution in [-0.4, -0.2) is 326 Å². The molecule has 6 aliphatic heterocycles. The van der Waals surface area contributed by atoms with Gasteiger partial charge in [0.05, 0.1) is 39.6 Å². The lowest BCUT2D eigenvalue weighted by molar-refractivity contribution is -0.405. The summed E-state index contributed by atoms with van der Waals surface area (Å²) < 4.78 is 60.6. The van der Waals surface area contributed by atoms with E-state index in [1.54, 1.807) is 0 Å². The van der Waals surface area contributed by atoms with Crippen LogP contribution in [0.5, 0.6) is 0 Å². The van der Waals surface area contributed by atoms with Gasteiger partial charge in [0, 0.05) is 0 Å². The van der Waals surface area contributed by atoms with Gasteiger partial charge in [-0.2, -0.15) is 0 Å². The molecular formula is C36H62O31. The van der Waals surface area contributed by atoms with E-state index in [0.29, 0.717) is 0 Å². The predicted molar refractivity (Wildman–Crippen MR) is 199 cm³/mol. The summed E-state index contributed by atoms with van der Waals surface area (Å²) >= 11 is 0. The van der Waals surface area contributed by atoms with Crippen LogP contribution in [0.15, 0.2) is 0 Å². The minimum Gasteiger partial charge on any atom is -0.394 e. The first-order chi connectivity index (χ1) is 31.8. The molecule has 0 amide bonds. The maximum atomic E-state index is 11.2. The predicted octanol–water partition coefficient (Wildman–Crippen LogP) is -14.1. The molecule has 0 unspecified atom stereocenters. The van der Waals surface area contributed by atoms with E-state index in [2.05, 4.69) is 0 Å². The maximum absolute atomic E-state index is 11.2. The van der Waals surface area contributed by atoms with Crippen molar-refractivity contribution in [3.8, 4) is 0 Å². The Labute approximate surface area is 378 Å². The van der Waals surface area contributed by atoms with E-state index in [9.17, 15) is 102 Å². The summed E-state index contributed by atoms with van der Waals surface area (Å²) in [6, 6.07) is 0. The van der Waals surface area contributed by atoms with Gasteiger partial charge in [-0.05, 0) is 0 Å². The van der Waals surface area contributed by atoms with Crippen LogP contribution >= 0.6 is 0 Å². The molecule has 6 heterocycles. The molecule has 0 aromatic rings. The Bertz CT molecular complexity index is 1500. The molecule has 0 bridgehead atoms. The molecule has 0 spiro atoms. The smallest absolute Gasteiger partial charge is 0.189 e. The van der Waals surface area contributed by atoms with Crippen molar-refractivity contribution in [3.63, 3.8) is 0 Å². The number of aliphatic hydroxyl groups excluding tert-OH is 20. The fourth-order valence-corrected chi connectivity index (χ4v) is 8.44. The van der Waals surface area contributed by atoms with Crippen molar-refractivity contribution in [1.29, 1.82) is 0 Å². The molecule has 0 aromatic heterocycles. The van der Waals surface area contributed by atoms with E-state index in [-0.39, 0.29) is 0 Å². The van der Waals surface area contributed by atoms with E-state index in [1.165, 1.54) is 0 Å². The lowest BCUT2D eigenvalue weighted by atomic mass is 9.95. The van der Waals surface area contributed by atoms with E-state index in [4.69, 9.17) is 52.1 Å². The summed E-state index contributed by atoms with van der Waals surface area (Å²) in [5.41, 5.74) is 0. The molecule has 6 aliphatic rings. The summed E-state index contributed by atoms with van der Waals surface area (Å²) in [6.07, 6.45) is -56.4. The van der Waals surface area contributed by atoms with Gasteiger partial charge in [0.1, 0.15) is 146 Å². The minimum absolute atomic E-state index is 0.828. The van der Waals surface area contributed by atoms with Gasteiger partial charge < -0.3 is 154 Å². The quantitative estimate of drug-likeness (QED) is 0.0683. The molecule has 0 aromatic carbocycles. The topological polar surface area (TPSA) is 506 Å². The SMILES string of the molecule is OC[C@H]1O[C@@H](O[C@@H]2[C@H](O)[C@@H](O)[C@H](O[C@@H]3[C@H](O)[C@@H](O)[C@H](O[C@@H]4[C@H](O)[C@@H](O)[C@H](O[C@H]5O[C@H](CO)[C@@H](O[C@@H]6O[C@H](CO)[C@H](O)[C@H](O)[C@H]6O)[C@H](O)[C@H]5O)O[C@@H]4CO)O[C@@H]3CO)O[C@@H]2CO)[C@H](O)[C@@H](O)[C@H]1O. The molecule has 6 saturated heterocycles. The number of rotatable bonds is 16. The zero-order valence-electron chi connectivity index (χ0n) is 35.0. The molecule has 6 fully saturated rings. The Balaban J connectivity index is 1.06. The summed E-state index contributed by atoms with van der Waals surface area (Å²) in [7, 11) is 0. The van der Waals surface area contributed by atoms with Gasteiger partial charge in [0.2, 0.25) is 0 Å². The summed E-state index contributed by atoms with van der Waals surface area (Å²) in [6.45, 7) is -5.62. The summed E-state index contributed by atoms with van der Waals surface area (Å²) in [4.78, 5) is 0. The third-order valence-electron chi connectivity index (χ3n) is 12.4. The van der Waals surface area contributed by atoms with Gasteiger partial charge in [0.15, 0.2) is 37.7 Å². The summed E-state index contributed by atoms with van der Waals surface area (Å²) in [5, 5.41) is 209. The lowest BCUT2D eigenvalue weighted by Crippen LogP contribution is -2.68. The van der Waals surface area contributed by atoms with Gasteiger partial charge in [0.25, 0.3) is 0 Å². The van der Waals surface area contributed by atoms with Gasteiger partial charge in [-0.15, -0.1) is 0 Å². The first kappa shape index (κ1) is 55.1. The monoisotopic (exact) mass is 990 g/mol. The molecule has 31 nitrogen and oxygen atoms in total. The lowest BCUT2D eigenvalue weighted by Gasteiger charge is -2.49. The molecule has 20 N–H and O–H groups in total. The van der Waals surface area contributed by atoms with Crippen molar-refractivity contribution in [3.05, 3.63) is 0 Å². The standard InChI is InChI=1S/C36H62O31/c37-1-7-13(43)15(45)21(51)31(57-7)63-27-9(3-39)59-33(23(53)17(27)47)65-28-10(4-40)60-34(24(54)18(28)48)66-30-12(6-42)62-36(26(56)20(30)50)67-35-25(55)19(49)29(11(5-41)61-35)64-32-22(52)16(46)14(44)8(2-38)58-32/h7-56H,1-6H2/t7-,8-,9-,10-,11-,12-,13+,14+,15+,16+,17-,18-,19-,20-,21-,22-,23-,24-,25-,26-,27+,28+,29-,30+,31+,32+,33+,34+,35-,36+/m1/s1.